The summed E-state index contributed by atoms with van der Waals surface area (Å²) in [4.78, 5) is 0. The molecule has 106 valence electrons. The molecule has 0 N–H and O–H groups in total. The van der Waals surface area contributed by atoms with Crippen molar-refractivity contribution >= 4 is 35.1 Å². The van der Waals surface area contributed by atoms with Crippen LogP contribution in [-0.2, 0) is 16.4 Å². The smallest absolute Gasteiger partial charge is 0.399 e. The van der Waals surface area contributed by atoms with Crippen molar-refractivity contribution in [3.05, 3.63) is 23.4 Å². The van der Waals surface area contributed by atoms with E-state index in [1.165, 1.54) is 0 Å². The molecule has 1 aromatic carbocycles. The van der Waals surface area contributed by atoms with Crippen molar-refractivity contribution in [1.29, 1.82) is 0 Å². The van der Waals surface area contributed by atoms with Gasteiger partial charge in [0.1, 0.15) is 5.15 Å². The van der Waals surface area contributed by atoms with Crippen LogP contribution in [0.3, 0.4) is 0 Å². The topological polar surface area (TPSA) is 36.3 Å². The van der Waals surface area contributed by atoms with Crippen molar-refractivity contribution < 1.29 is 9.31 Å². The maximum absolute atomic E-state index is 6.25. The Hall–Kier alpha value is -1.04. The summed E-state index contributed by atoms with van der Waals surface area (Å²) in [5, 5.41) is 5.88. The Morgan fingerprint density at radius 2 is 1.75 bits per heavy atom. The fraction of sp³-hybridized carbons (Fsp3) is 0.500. The number of nitrogens with zero attached hydrogens (tertiary/aromatic N) is 2. The van der Waals surface area contributed by atoms with Crippen molar-refractivity contribution in [2.24, 2.45) is 7.05 Å². The Balaban J connectivity index is 2.02. The van der Waals surface area contributed by atoms with Gasteiger partial charge in [0, 0.05) is 12.4 Å². The van der Waals surface area contributed by atoms with Crippen molar-refractivity contribution in [3.63, 3.8) is 0 Å². The highest BCUT2D eigenvalue weighted by molar-refractivity contribution is 6.62. The van der Waals surface area contributed by atoms with Gasteiger partial charge in [-0.15, -0.1) is 0 Å². The molecule has 0 bridgehead atoms. The molecule has 0 aliphatic carbocycles. The van der Waals surface area contributed by atoms with Gasteiger partial charge in [-0.3, -0.25) is 4.68 Å². The third-order valence-corrected chi connectivity index (χ3v) is 4.76. The van der Waals surface area contributed by atoms with E-state index in [0.717, 1.165) is 16.4 Å². The van der Waals surface area contributed by atoms with Crippen LogP contribution in [0.2, 0.25) is 5.15 Å². The summed E-state index contributed by atoms with van der Waals surface area (Å²) < 4.78 is 13.8. The summed E-state index contributed by atoms with van der Waals surface area (Å²) in [5.41, 5.74) is 1.15. The molecule has 0 saturated carbocycles. The minimum absolute atomic E-state index is 0.342. The van der Waals surface area contributed by atoms with Crippen molar-refractivity contribution in [3.8, 4) is 0 Å². The lowest BCUT2D eigenvalue weighted by molar-refractivity contribution is 0.00578. The minimum atomic E-state index is -0.374. The first-order valence-electron chi connectivity index (χ1n) is 6.69. The summed E-state index contributed by atoms with van der Waals surface area (Å²) in [6.45, 7) is 8.18. The molecule has 6 heteroatoms. The predicted octanol–water partition coefficient (Wildman–Crippen LogP) is 2.53. The maximum atomic E-state index is 6.25. The second-order valence-electron chi connectivity index (χ2n) is 6.28. The summed E-state index contributed by atoms with van der Waals surface area (Å²) in [6, 6.07) is 5.92. The molecule has 0 unspecified atom stereocenters. The van der Waals surface area contributed by atoms with E-state index in [-0.39, 0.29) is 18.3 Å². The Morgan fingerprint density at radius 3 is 2.35 bits per heavy atom. The summed E-state index contributed by atoms with van der Waals surface area (Å²) in [7, 11) is 1.46. The van der Waals surface area contributed by atoms with Crippen LogP contribution >= 0.6 is 11.6 Å². The fourth-order valence-corrected chi connectivity index (χ4v) is 2.50. The number of aryl methyl sites for hydroxylation is 1. The molecule has 3 rings (SSSR count). The molecule has 0 atom stereocenters. The first-order valence-corrected chi connectivity index (χ1v) is 7.07. The highest BCUT2D eigenvalue weighted by atomic mass is 35.5. The quantitative estimate of drug-likeness (QED) is 0.758. The van der Waals surface area contributed by atoms with Crippen LogP contribution in [0.5, 0.6) is 0 Å². The van der Waals surface area contributed by atoms with E-state index in [0.29, 0.717) is 5.15 Å². The van der Waals surface area contributed by atoms with Gasteiger partial charge in [-0.05, 0) is 45.3 Å². The Bertz CT molecular complexity index is 665. The molecule has 1 aliphatic heterocycles. The van der Waals surface area contributed by atoms with E-state index in [1.807, 2.05) is 52.9 Å². The Morgan fingerprint density at radius 1 is 1.15 bits per heavy atom. The van der Waals surface area contributed by atoms with Crippen LogP contribution in [0.1, 0.15) is 27.7 Å². The molecule has 1 aliphatic rings. The van der Waals surface area contributed by atoms with Crippen LogP contribution in [0.25, 0.3) is 10.9 Å². The number of hydrogen-bond donors (Lipinski definition) is 0. The zero-order valence-electron chi connectivity index (χ0n) is 12.4. The van der Waals surface area contributed by atoms with E-state index < -0.39 is 0 Å². The largest absolute Gasteiger partial charge is 0.494 e. The van der Waals surface area contributed by atoms with E-state index >= 15 is 0 Å². The molecule has 2 aromatic rings. The second-order valence-corrected chi connectivity index (χ2v) is 6.64. The summed E-state index contributed by atoms with van der Waals surface area (Å²) in [5.74, 6) is 0. The molecule has 4 nitrogen and oxygen atoms in total. The third-order valence-electron chi connectivity index (χ3n) is 4.31. The lowest BCUT2D eigenvalue weighted by Gasteiger charge is -2.32. The highest BCUT2D eigenvalue weighted by Gasteiger charge is 2.51. The minimum Gasteiger partial charge on any atom is -0.399 e. The van der Waals surface area contributed by atoms with Gasteiger partial charge in [-0.1, -0.05) is 17.7 Å². The Kier molecular flexibility index (Phi) is 2.94. The lowest BCUT2D eigenvalue weighted by atomic mass is 9.79. The van der Waals surface area contributed by atoms with E-state index in [4.69, 9.17) is 20.9 Å². The monoisotopic (exact) mass is 292 g/mol. The summed E-state index contributed by atoms with van der Waals surface area (Å²) in [6.07, 6.45) is 0. The van der Waals surface area contributed by atoms with Gasteiger partial charge in [0.15, 0.2) is 0 Å². The normalized spacial score (nSPS) is 20.8. The highest BCUT2D eigenvalue weighted by Crippen LogP contribution is 2.36. The molecule has 20 heavy (non-hydrogen) atoms. The number of fused-ring (bicyclic) bond motifs is 1. The van der Waals surface area contributed by atoms with E-state index in [2.05, 4.69) is 5.10 Å². The van der Waals surface area contributed by atoms with E-state index in [1.54, 1.807) is 4.68 Å². The summed E-state index contributed by atoms with van der Waals surface area (Å²) >= 11 is 6.25. The van der Waals surface area contributed by atoms with Crippen LogP contribution in [0.4, 0.5) is 0 Å². The third kappa shape index (κ3) is 1.96. The Labute approximate surface area is 124 Å². The number of benzene rings is 1. The van der Waals surface area contributed by atoms with Crippen molar-refractivity contribution in [2.75, 3.05) is 0 Å². The van der Waals surface area contributed by atoms with Crippen LogP contribution in [-0.4, -0.2) is 28.1 Å². The molecule has 2 heterocycles. The lowest BCUT2D eigenvalue weighted by Crippen LogP contribution is -2.41. The fourth-order valence-electron chi connectivity index (χ4n) is 2.31. The van der Waals surface area contributed by atoms with Gasteiger partial charge in [-0.25, -0.2) is 0 Å². The van der Waals surface area contributed by atoms with Crippen LogP contribution in [0, 0.1) is 0 Å². The molecule has 1 fully saturated rings. The number of aromatic nitrogens is 2. The SMILES string of the molecule is Cn1nc2ccc(B3OC(C)(C)C(C)(C)O3)cc2c1Cl. The second kappa shape index (κ2) is 4.23. The van der Waals surface area contributed by atoms with Gasteiger partial charge >= 0.3 is 7.12 Å². The van der Waals surface area contributed by atoms with Gasteiger partial charge in [0.25, 0.3) is 0 Å². The van der Waals surface area contributed by atoms with Crippen LogP contribution < -0.4 is 5.46 Å². The van der Waals surface area contributed by atoms with E-state index in [9.17, 15) is 0 Å². The average Bonchev–Trinajstić information content (AvgIpc) is 2.74. The van der Waals surface area contributed by atoms with Gasteiger partial charge in [0.2, 0.25) is 0 Å². The van der Waals surface area contributed by atoms with Crippen molar-refractivity contribution in [1.82, 2.24) is 9.78 Å². The number of halogens is 1. The van der Waals surface area contributed by atoms with Gasteiger partial charge in [0.05, 0.1) is 16.7 Å². The zero-order chi connectivity index (χ0) is 14.7. The maximum Gasteiger partial charge on any atom is 0.494 e. The average molecular weight is 293 g/mol. The predicted molar refractivity (Wildman–Crippen MR) is 81.4 cm³/mol. The molecule has 1 aromatic heterocycles. The molecule has 0 radical (unpaired) electrons. The molecular formula is C14H18BClN2O2. The van der Waals surface area contributed by atoms with Crippen LogP contribution in [0.15, 0.2) is 18.2 Å². The standard InChI is InChI=1S/C14H18BClN2O2/c1-13(2)14(3,4)20-15(19-13)9-6-7-11-10(8-9)12(16)18(5)17-11/h6-8H,1-5H3. The number of rotatable bonds is 1. The molecular weight excluding hydrogens is 274 g/mol. The first kappa shape index (κ1) is 13.9. The first-order chi connectivity index (χ1) is 9.21. The number of hydrogen-bond acceptors (Lipinski definition) is 3. The molecule has 0 amide bonds. The molecule has 1 saturated heterocycles. The van der Waals surface area contributed by atoms with Gasteiger partial charge in [-0.2, -0.15) is 5.10 Å². The van der Waals surface area contributed by atoms with Crippen molar-refractivity contribution in [2.45, 2.75) is 38.9 Å². The molecule has 0 spiro atoms. The van der Waals surface area contributed by atoms with Gasteiger partial charge < -0.3 is 9.31 Å². The zero-order valence-corrected chi connectivity index (χ0v) is 13.2.